The second kappa shape index (κ2) is 6.72. The number of halogens is 1. The molecule has 0 N–H and O–H groups in total. The summed E-state index contributed by atoms with van der Waals surface area (Å²) in [5.74, 6) is -0.931. The van der Waals surface area contributed by atoms with Crippen molar-refractivity contribution < 1.29 is 13.9 Å². The third kappa shape index (κ3) is 2.94. The molecule has 4 rings (SSSR count). The molecular formula is C18H14FN5O4. The molecule has 1 aliphatic heterocycles. The standard InChI is InChI=1S/C18H14FN5O4/c1-22-16(25)8-21-24(18(22)27)13-6-14-15(5-12(13)19)28-10-17(26)23(14)9-11-3-2-4-20-7-11/h2-8H,9-10H2,1H3. The Morgan fingerprint density at radius 1 is 1.18 bits per heavy atom. The van der Waals surface area contributed by atoms with E-state index in [4.69, 9.17) is 4.74 Å². The molecule has 1 aromatic carbocycles. The highest BCUT2D eigenvalue weighted by atomic mass is 19.1. The average Bonchev–Trinajstić information content (AvgIpc) is 2.69. The molecular weight excluding hydrogens is 369 g/mol. The van der Waals surface area contributed by atoms with Gasteiger partial charge in [0.15, 0.2) is 12.4 Å². The summed E-state index contributed by atoms with van der Waals surface area (Å²) in [6, 6.07) is 5.94. The van der Waals surface area contributed by atoms with Crippen molar-refractivity contribution in [3.63, 3.8) is 0 Å². The summed E-state index contributed by atoms with van der Waals surface area (Å²) < 4.78 is 21.6. The molecule has 0 aliphatic carbocycles. The maximum absolute atomic E-state index is 14.6. The zero-order chi connectivity index (χ0) is 19.8. The van der Waals surface area contributed by atoms with Crippen LogP contribution in [-0.2, 0) is 18.4 Å². The lowest BCUT2D eigenvalue weighted by molar-refractivity contribution is -0.121. The van der Waals surface area contributed by atoms with Crippen LogP contribution in [0, 0.1) is 5.82 Å². The van der Waals surface area contributed by atoms with Crippen LogP contribution in [0.2, 0.25) is 0 Å². The molecule has 10 heteroatoms. The first kappa shape index (κ1) is 17.6. The Morgan fingerprint density at radius 2 is 2.00 bits per heavy atom. The van der Waals surface area contributed by atoms with Gasteiger partial charge in [-0.1, -0.05) is 6.07 Å². The lowest BCUT2D eigenvalue weighted by Crippen LogP contribution is -2.40. The number of fused-ring (bicyclic) bond motifs is 1. The third-order valence-electron chi connectivity index (χ3n) is 4.35. The van der Waals surface area contributed by atoms with E-state index in [1.165, 1.54) is 18.0 Å². The van der Waals surface area contributed by atoms with Gasteiger partial charge in [0.2, 0.25) is 0 Å². The molecule has 2 aromatic heterocycles. The Kier molecular flexibility index (Phi) is 4.22. The van der Waals surface area contributed by atoms with Crippen LogP contribution < -0.4 is 20.9 Å². The molecule has 3 aromatic rings. The van der Waals surface area contributed by atoms with Crippen LogP contribution >= 0.6 is 0 Å². The van der Waals surface area contributed by atoms with E-state index in [-0.39, 0.29) is 30.5 Å². The summed E-state index contributed by atoms with van der Waals surface area (Å²) >= 11 is 0. The molecule has 1 aliphatic rings. The predicted molar refractivity (Wildman–Crippen MR) is 96.0 cm³/mol. The van der Waals surface area contributed by atoms with Crippen molar-refractivity contribution in [2.75, 3.05) is 11.5 Å². The van der Waals surface area contributed by atoms with Gasteiger partial charge in [-0.15, -0.1) is 0 Å². The van der Waals surface area contributed by atoms with Gasteiger partial charge in [-0.2, -0.15) is 9.78 Å². The summed E-state index contributed by atoms with van der Waals surface area (Å²) in [5.41, 5.74) is -0.565. The van der Waals surface area contributed by atoms with Crippen molar-refractivity contribution in [2.24, 2.45) is 7.05 Å². The fourth-order valence-corrected chi connectivity index (χ4v) is 2.87. The van der Waals surface area contributed by atoms with E-state index in [9.17, 15) is 18.8 Å². The second-order valence-corrected chi connectivity index (χ2v) is 6.14. The molecule has 0 saturated carbocycles. The number of carbonyl (C=O) groups is 1. The molecule has 0 spiro atoms. The summed E-state index contributed by atoms with van der Waals surface area (Å²) in [5, 5.41) is 3.72. The van der Waals surface area contributed by atoms with Crippen LogP contribution in [0.1, 0.15) is 5.56 Å². The van der Waals surface area contributed by atoms with E-state index >= 15 is 0 Å². The van der Waals surface area contributed by atoms with Crippen LogP contribution in [-0.4, -0.2) is 31.8 Å². The first-order chi connectivity index (χ1) is 13.5. The summed E-state index contributed by atoms with van der Waals surface area (Å²) in [4.78, 5) is 41.7. The van der Waals surface area contributed by atoms with Crippen molar-refractivity contribution in [1.82, 2.24) is 19.3 Å². The van der Waals surface area contributed by atoms with Gasteiger partial charge in [-0.25, -0.2) is 9.18 Å². The molecule has 1 amide bonds. The maximum atomic E-state index is 14.6. The fraction of sp³-hybridized carbons (Fsp3) is 0.167. The third-order valence-corrected chi connectivity index (χ3v) is 4.35. The number of hydrogen-bond donors (Lipinski definition) is 0. The average molecular weight is 383 g/mol. The molecule has 0 saturated heterocycles. The normalized spacial score (nSPS) is 13.2. The van der Waals surface area contributed by atoms with Crippen molar-refractivity contribution in [3.8, 4) is 11.4 Å². The summed E-state index contributed by atoms with van der Waals surface area (Å²) in [6.07, 6.45) is 4.14. The van der Waals surface area contributed by atoms with Crippen molar-refractivity contribution in [2.45, 2.75) is 6.54 Å². The predicted octanol–water partition coefficient (Wildman–Crippen LogP) is 0.391. The van der Waals surface area contributed by atoms with Gasteiger partial charge in [0.25, 0.3) is 11.5 Å². The Morgan fingerprint density at radius 3 is 2.75 bits per heavy atom. The summed E-state index contributed by atoms with van der Waals surface area (Å²) in [6.45, 7) is -0.0339. The molecule has 9 nitrogen and oxygen atoms in total. The number of pyridine rings is 1. The molecule has 0 radical (unpaired) electrons. The first-order valence-electron chi connectivity index (χ1n) is 8.27. The van der Waals surface area contributed by atoms with Crippen LogP contribution in [0.5, 0.6) is 5.75 Å². The number of ether oxygens (including phenoxy) is 1. The van der Waals surface area contributed by atoms with Gasteiger partial charge in [-0.05, 0) is 17.7 Å². The zero-order valence-electron chi connectivity index (χ0n) is 14.7. The topological polar surface area (TPSA) is 99.3 Å². The highest BCUT2D eigenvalue weighted by Gasteiger charge is 2.28. The Labute approximate surface area is 157 Å². The van der Waals surface area contributed by atoms with E-state index in [0.717, 1.165) is 27.1 Å². The van der Waals surface area contributed by atoms with E-state index in [1.54, 1.807) is 24.5 Å². The first-order valence-corrected chi connectivity index (χ1v) is 8.27. The number of amides is 1. The lowest BCUT2D eigenvalue weighted by atomic mass is 10.1. The van der Waals surface area contributed by atoms with Crippen molar-refractivity contribution >= 4 is 11.6 Å². The smallest absolute Gasteiger partial charge is 0.352 e. The Balaban J connectivity index is 1.85. The minimum absolute atomic E-state index is 0.169. The van der Waals surface area contributed by atoms with E-state index in [1.807, 2.05) is 0 Å². The minimum Gasteiger partial charge on any atom is -0.481 e. The molecule has 0 unspecified atom stereocenters. The molecule has 0 atom stereocenters. The number of hydrogen-bond acceptors (Lipinski definition) is 6. The number of rotatable bonds is 3. The maximum Gasteiger partial charge on any atom is 0.352 e. The van der Waals surface area contributed by atoms with Gasteiger partial charge in [-0.3, -0.25) is 19.1 Å². The quantitative estimate of drug-likeness (QED) is 0.649. The van der Waals surface area contributed by atoms with Crippen molar-refractivity contribution in [3.05, 3.63) is 75.1 Å². The number of nitrogens with zero attached hydrogens (tertiary/aromatic N) is 5. The van der Waals surface area contributed by atoms with Crippen LogP contribution in [0.15, 0.2) is 52.4 Å². The number of anilines is 1. The Bertz CT molecular complexity index is 1190. The fourth-order valence-electron chi connectivity index (χ4n) is 2.87. The molecule has 3 heterocycles. The van der Waals surface area contributed by atoms with Gasteiger partial charge < -0.3 is 9.64 Å². The number of carbonyl (C=O) groups excluding carboxylic acids is 1. The molecule has 0 bridgehead atoms. The largest absolute Gasteiger partial charge is 0.481 e. The van der Waals surface area contributed by atoms with E-state index in [0.29, 0.717) is 5.69 Å². The van der Waals surface area contributed by atoms with Gasteiger partial charge in [0.05, 0.1) is 12.2 Å². The molecule has 28 heavy (non-hydrogen) atoms. The van der Waals surface area contributed by atoms with Crippen LogP contribution in [0.25, 0.3) is 5.69 Å². The zero-order valence-corrected chi connectivity index (χ0v) is 14.7. The lowest BCUT2D eigenvalue weighted by Gasteiger charge is -2.30. The van der Waals surface area contributed by atoms with Crippen LogP contribution in [0.4, 0.5) is 10.1 Å². The highest BCUT2D eigenvalue weighted by molar-refractivity contribution is 5.98. The van der Waals surface area contributed by atoms with Gasteiger partial charge in [0.1, 0.15) is 17.6 Å². The van der Waals surface area contributed by atoms with Crippen molar-refractivity contribution in [1.29, 1.82) is 0 Å². The minimum atomic E-state index is -0.812. The highest BCUT2D eigenvalue weighted by Crippen LogP contribution is 2.36. The second-order valence-electron chi connectivity index (χ2n) is 6.14. The Hall–Kier alpha value is -3.82. The number of benzene rings is 1. The van der Waals surface area contributed by atoms with E-state index in [2.05, 4.69) is 10.1 Å². The SMILES string of the molecule is Cn1c(=O)cnn(-c2cc3c(cc2F)OCC(=O)N3Cc2cccnc2)c1=O. The summed E-state index contributed by atoms with van der Waals surface area (Å²) in [7, 11) is 1.26. The van der Waals surface area contributed by atoms with E-state index < -0.39 is 17.1 Å². The van der Waals surface area contributed by atoms with Gasteiger partial charge >= 0.3 is 5.69 Å². The molecule has 0 fully saturated rings. The molecule has 142 valence electrons. The van der Waals surface area contributed by atoms with Gasteiger partial charge in [0, 0.05) is 25.5 Å². The number of aromatic nitrogens is 4. The van der Waals surface area contributed by atoms with Crippen LogP contribution in [0.3, 0.4) is 0 Å². The monoisotopic (exact) mass is 383 g/mol.